The fourth-order valence-electron chi connectivity index (χ4n) is 3.32. The molecule has 9 nitrogen and oxygen atoms in total. The molecule has 178 valence electrons. The number of carbonyl (C=O) groups is 1. The molecule has 0 atom stereocenters. The highest BCUT2D eigenvalue weighted by atomic mass is 16.5. The van der Waals surface area contributed by atoms with Gasteiger partial charge in [-0.1, -0.05) is 0 Å². The number of rotatable bonds is 9. The molecule has 1 N–H and O–H groups in total. The molecule has 3 aromatic rings. The van der Waals surface area contributed by atoms with Crippen LogP contribution in [0.5, 0.6) is 11.5 Å². The highest BCUT2D eigenvalue weighted by Gasteiger charge is 2.27. The van der Waals surface area contributed by atoms with Crippen LogP contribution in [0.4, 0.5) is 11.6 Å². The van der Waals surface area contributed by atoms with Crippen molar-refractivity contribution in [3.63, 3.8) is 0 Å². The van der Waals surface area contributed by atoms with Crippen LogP contribution >= 0.6 is 0 Å². The van der Waals surface area contributed by atoms with Crippen LogP contribution in [0.2, 0.25) is 0 Å². The average molecular weight is 455 g/mol. The lowest BCUT2D eigenvalue weighted by molar-refractivity contribution is -0.115. The monoisotopic (exact) mass is 454 g/mol. The molecule has 4 rings (SSSR count). The Morgan fingerprint density at radius 3 is 2.52 bits per heavy atom. The molecule has 1 saturated carbocycles. The molecule has 1 aliphatic carbocycles. The van der Waals surface area contributed by atoms with Gasteiger partial charge < -0.3 is 29.2 Å². The largest absolute Gasteiger partial charge is 0.493 e. The number of ether oxygens (including phenoxy) is 2. The van der Waals surface area contributed by atoms with Gasteiger partial charge in [-0.05, 0) is 52.1 Å². The predicted molar refractivity (Wildman–Crippen MR) is 131 cm³/mol. The summed E-state index contributed by atoms with van der Waals surface area (Å²) in [4.78, 5) is 22.2. The molecule has 2 aromatic heterocycles. The summed E-state index contributed by atoms with van der Waals surface area (Å²) in [6, 6.07) is 8.50. The molecule has 33 heavy (non-hydrogen) atoms. The van der Waals surface area contributed by atoms with Gasteiger partial charge in [-0.15, -0.1) is 0 Å². The van der Waals surface area contributed by atoms with Gasteiger partial charge in [0.1, 0.15) is 12.3 Å². The summed E-state index contributed by atoms with van der Waals surface area (Å²) in [5.41, 5.74) is 3.09. The van der Waals surface area contributed by atoms with E-state index in [1.165, 1.54) is 23.4 Å². The number of aryl methyl sites for hydroxylation is 1. The van der Waals surface area contributed by atoms with Crippen molar-refractivity contribution >= 4 is 29.1 Å². The Morgan fingerprint density at radius 2 is 1.91 bits per heavy atom. The van der Waals surface area contributed by atoms with Crippen LogP contribution in [0.15, 0.2) is 30.5 Å². The fraction of sp³-hybridized carbons (Fsp3) is 0.458. The Kier molecular flexibility index (Phi) is 8.11. The molecule has 1 fully saturated rings. The summed E-state index contributed by atoms with van der Waals surface area (Å²) < 4.78 is 13.6. The lowest BCUT2D eigenvalue weighted by Crippen LogP contribution is -2.19. The Labute approximate surface area is 195 Å². The smallest absolute Gasteiger partial charge is 0.229 e. The third kappa shape index (κ3) is 6.58. The molecule has 9 heteroatoms. The van der Waals surface area contributed by atoms with Gasteiger partial charge in [0, 0.05) is 55.7 Å². The van der Waals surface area contributed by atoms with Crippen molar-refractivity contribution in [2.75, 3.05) is 53.8 Å². The van der Waals surface area contributed by atoms with Crippen LogP contribution in [0, 0.1) is 6.92 Å². The van der Waals surface area contributed by atoms with Crippen molar-refractivity contribution < 1.29 is 14.3 Å². The predicted octanol–water partition coefficient (Wildman–Crippen LogP) is 3.47. The highest BCUT2D eigenvalue weighted by molar-refractivity contribution is 5.78. The Hall–Kier alpha value is -3.33. The van der Waals surface area contributed by atoms with Crippen molar-refractivity contribution in [2.24, 2.45) is 0 Å². The van der Waals surface area contributed by atoms with Crippen LogP contribution in [0.3, 0.4) is 0 Å². The topological polar surface area (TPSA) is 84.8 Å². The molecular formula is C24H34N6O3. The van der Waals surface area contributed by atoms with Gasteiger partial charge in [-0.3, -0.25) is 4.79 Å². The molecule has 0 radical (unpaired) electrons. The van der Waals surface area contributed by atoms with E-state index in [9.17, 15) is 4.79 Å². The van der Waals surface area contributed by atoms with Crippen LogP contribution in [0.1, 0.15) is 24.6 Å². The normalized spacial score (nSPS) is 12.8. The zero-order valence-electron chi connectivity index (χ0n) is 20.3. The van der Waals surface area contributed by atoms with Gasteiger partial charge in [0.25, 0.3) is 0 Å². The van der Waals surface area contributed by atoms with Gasteiger partial charge in [0.05, 0.1) is 7.11 Å². The summed E-state index contributed by atoms with van der Waals surface area (Å²) in [6.07, 6.45) is 5.08. The number of hydrogen-bond acceptors (Lipinski definition) is 7. The lowest BCUT2D eigenvalue weighted by Gasteiger charge is -2.14. The number of methoxy groups -OCH3 is 1. The first kappa shape index (κ1) is 24.3. The van der Waals surface area contributed by atoms with Crippen LogP contribution in [-0.2, 0) is 4.79 Å². The zero-order chi connectivity index (χ0) is 24.0. The number of nitrogens with one attached hydrogen (secondary N) is 1. The molecular weight excluding hydrogens is 420 g/mol. The van der Waals surface area contributed by atoms with Crippen LogP contribution < -0.4 is 14.8 Å². The Morgan fingerprint density at radius 1 is 1.18 bits per heavy atom. The number of carbonyl (C=O) groups excluding carboxylic acids is 1. The first-order chi connectivity index (χ1) is 15.8. The number of benzene rings is 1. The van der Waals surface area contributed by atoms with Crippen LogP contribution in [0.25, 0.3) is 11.0 Å². The fourth-order valence-corrected chi connectivity index (χ4v) is 3.32. The second-order valence-electron chi connectivity index (χ2n) is 8.57. The molecule has 0 unspecified atom stereocenters. The summed E-state index contributed by atoms with van der Waals surface area (Å²) >= 11 is 0. The van der Waals surface area contributed by atoms with Gasteiger partial charge >= 0.3 is 0 Å². The minimum Gasteiger partial charge on any atom is -0.493 e. The molecule has 0 aliphatic heterocycles. The summed E-state index contributed by atoms with van der Waals surface area (Å²) in [6.45, 7) is 3.58. The number of nitrogens with zero attached hydrogens (tertiary/aromatic N) is 5. The van der Waals surface area contributed by atoms with E-state index >= 15 is 0 Å². The summed E-state index contributed by atoms with van der Waals surface area (Å²) in [5.74, 6) is 1.99. The van der Waals surface area contributed by atoms with Gasteiger partial charge in [-0.2, -0.15) is 4.98 Å². The van der Waals surface area contributed by atoms with E-state index < -0.39 is 0 Å². The van der Waals surface area contributed by atoms with Crippen molar-refractivity contribution in [1.82, 2.24) is 24.3 Å². The van der Waals surface area contributed by atoms with E-state index in [0.717, 1.165) is 35.4 Å². The quantitative estimate of drug-likeness (QED) is 0.496. The third-order valence-electron chi connectivity index (χ3n) is 5.11. The molecule has 1 aromatic carbocycles. The SMILES string of the molecule is CN(C)C=O.COc1cc(Nc2ncc3cc(C)n(C4CC4)c3n2)ccc1OCCN(C)C. The van der Waals surface area contributed by atoms with Gasteiger partial charge in [0.2, 0.25) is 12.4 Å². The minimum absolute atomic E-state index is 0.579. The maximum atomic E-state index is 9.43. The summed E-state index contributed by atoms with van der Waals surface area (Å²) in [7, 11) is 9.06. The van der Waals surface area contributed by atoms with E-state index in [4.69, 9.17) is 14.5 Å². The van der Waals surface area contributed by atoms with Crippen molar-refractivity contribution in [2.45, 2.75) is 25.8 Å². The number of amides is 1. The second kappa shape index (κ2) is 11.0. The zero-order valence-corrected chi connectivity index (χ0v) is 20.3. The first-order valence-electron chi connectivity index (χ1n) is 11.0. The first-order valence-corrected chi connectivity index (χ1v) is 11.0. The molecule has 0 spiro atoms. The highest BCUT2D eigenvalue weighted by Crippen LogP contribution is 2.39. The van der Waals surface area contributed by atoms with E-state index in [0.29, 0.717) is 24.3 Å². The summed E-state index contributed by atoms with van der Waals surface area (Å²) in [5, 5.41) is 4.37. The van der Waals surface area contributed by atoms with E-state index in [1.807, 2.05) is 38.5 Å². The maximum Gasteiger partial charge on any atom is 0.229 e. The molecule has 1 amide bonds. The number of fused-ring (bicyclic) bond motifs is 1. The Bertz CT molecular complexity index is 1080. The minimum atomic E-state index is 0.579. The number of aromatic nitrogens is 3. The number of anilines is 2. The van der Waals surface area contributed by atoms with Gasteiger partial charge in [0.15, 0.2) is 11.5 Å². The molecule has 1 aliphatic rings. The number of likely N-dealkylation sites (N-methyl/N-ethyl adjacent to an activating group) is 1. The second-order valence-corrected chi connectivity index (χ2v) is 8.57. The molecule has 2 heterocycles. The molecule has 0 bridgehead atoms. The molecule has 0 saturated heterocycles. The average Bonchev–Trinajstić information content (AvgIpc) is 3.56. The van der Waals surface area contributed by atoms with E-state index in [-0.39, 0.29) is 0 Å². The Balaban J connectivity index is 0.000000555. The van der Waals surface area contributed by atoms with Crippen molar-refractivity contribution in [1.29, 1.82) is 0 Å². The standard InChI is InChI=1S/C21H27N5O2.C3H7NO/c1-14-11-15-13-22-21(24-20(15)26(14)17-6-7-17)23-16-5-8-18(19(12-16)27-4)28-10-9-25(2)3;1-4(2)3-5/h5,8,11-13,17H,6-7,9-10H2,1-4H3,(H,22,23,24);3H,1-2H3. The third-order valence-corrected chi connectivity index (χ3v) is 5.11. The van der Waals surface area contributed by atoms with Crippen molar-refractivity contribution in [3.8, 4) is 11.5 Å². The van der Waals surface area contributed by atoms with Gasteiger partial charge in [-0.25, -0.2) is 4.98 Å². The van der Waals surface area contributed by atoms with Crippen LogP contribution in [-0.4, -0.2) is 79.2 Å². The lowest BCUT2D eigenvalue weighted by atomic mass is 10.2. The van der Waals surface area contributed by atoms with E-state index in [1.54, 1.807) is 21.2 Å². The van der Waals surface area contributed by atoms with Crippen molar-refractivity contribution in [3.05, 3.63) is 36.2 Å². The maximum absolute atomic E-state index is 9.43. The van der Waals surface area contributed by atoms with E-state index in [2.05, 4.69) is 32.8 Å². The number of hydrogen-bond donors (Lipinski definition) is 1.